The number of carbonyl (C=O) groups is 1. The minimum absolute atomic E-state index is 0.0472. The number of hydrogen-bond donors (Lipinski definition) is 1. The molecule has 0 spiro atoms. The second-order valence-corrected chi connectivity index (χ2v) is 7.48. The van der Waals surface area contributed by atoms with Gasteiger partial charge in [0.05, 0.1) is 19.9 Å². The van der Waals surface area contributed by atoms with E-state index in [0.717, 1.165) is 11.1 Å². The molecule has 0 saturated heterocycles. The van der Waals surface area contributed by atoms with Crippen molar-refractivity contribution in [3.8, 4) is 28.6 Å². The maximum absolute atomic E-state index is 13.2. The van der Waals surface area contributed by atoms with Crippen LogP contribution < -0.4 is 20.9 Å². The number of fused-ring (bicyclic) bond motifs is 1. The molecule has 2 N–H and O–H groups in total. The highest BCUT2D eigenvalue weighted by molar-refractivity contribution is 6.02. The van der Waals surface area contributed by atoms with E-state index in [-0.39, 0.29) is 28.4 Å². The molecule has 2 heterocycles. The summed E-state index contributed by atoms with van der Waals surface area (Å²) in [5.41, 5.74) is 9.08. The number of carbonyl (C=O) groups excluding carboxylic acids is 1. The number of ether oxygens (including phenoxy) is 2. The summed E-state index contributed by atoms with van der Waals surface area (Å²) in [4.78, 5) is 34.5. The van der Waals surface area contributed by atoms with Gasteiger partial charge in [-0.25, -0.2) is 19.3 Å². The molecule has 0 aliphatic heterocycles. The zero-order valence-electron chi connectivity index (χ0n) is 18.5. The molecule has 1 amide bonds. The summed E-state index contributed by atoms with van der Waals surface area (Å²) in [6, 6.07) is 10.8. The Morgan fingerprint density at radius 3 is 2.19 bits per heavy atom. The number of nitrogens with two attached hydrogens (primary N) is 1. The first-order valence-electron chi connectivity index (χ1n) is 9.85. The summed E-state index contributed by atoms with van der Waals surface area (Å²) >= 11 is 0. The zero-order chi connectivity index (χ0) is 23.2. The molecule has 0 radical (unpaired) electrons. The van der Waals surface area contributed by atoms with E-state index in [1.54, 1.807) is 25.2 Å². The van der Waals surface area contributed by atoms with Gasteiger partial charge in [0.15, 0.2) is 17.2 Å². The standard InChI is InChI=1S/C23H23N5O4/c1-12-6-7-15(8-13(12)2)28-22-19(27(3)23(28)30)18(20(24)29)25-21(26-22)14-9-16(31-4)11-17(10-14)32-5/h6-11H,1-5H3,(H2,24,29). The third kappa shape index (κ3) is 3.37. The minimum atomic E-state index is -0.763. The first kappa shape index (κ1) is 21.1. The molecule has 164 valence electrons. The van der Waals surface area contributed by atoms with Crippen LogP contribution in [0.25, 0.3) is 28.2 Å². The molecule has 9 nitrogen and oxygen atoms in total. The molecule has 2 aromatic heterocycles. The lowest BCUT2D eigenvalue weighted by Crippen LogP contribution is -2.21. The summed E-state index contributed by atoms with van der Waals surface area (Å²) in [7, 11) is 4.63. The van der Waals surface area contributed by atoms with Crippen molar-refractivity contribution in [1.82, 2.24) is 19.1 Å². The van der Waals surface area contributed by atoms with Gasteiger partial charge in [0, 0.05) is 18.7 Å². The van der Waals surface area contributed by atoms with Gasteiger partial charge in [-0.05, 0) is 49.2 Å². The lowest BCUT2D eigenvalue weighted by atomic mass is 10.1. The van der Waals surface area contributed by atoms with Crippen molar-refractivity contribution in [2.45, 2.75) is 13.8 Å². The largest absolute Gasteiger partial charge is 0.497 e. The van der Waals surface area contributed by atoms with Crippen LogP contribution in [0.1, 0.15) is 21.6 Å². The van der Waals surface area contributed by atoms with Crippen LogP contribution in [-0.2, 0) is 7.05 Å². The Hall–Kier alpha value is -4.14. The van der Waals surface area contributed by atoms with Crippen molar-refractivity contribution in [3.05, 3.63) is 63.7 Å². The smallest absolute Gasteiger partial charge is 0.334 e. The molecule has 4 aromatic rings. The third-order valence-corrected chi connectivity index (χ3v) is 5.48. The van der Waals surface area contributed by atoms with E-state index in [9.17, 15) is 9.59 Å². The third-order valence-electron chi connectivity index (χ3n) is 5.48. The average molecular weight is 433 g/mol. The Morgan fingerprint density at radius 2 is 1.62 bits per heavy atom. The molecule has 0 aliphatic rings. The number of amides is 1. The molecule has 32 heavy (non-hydrogen) atoms. The number of imidazole rings is 1. The minimum Gasteiger partial charge on any atom is -0.497 e. The summed E-state index contributed by atoms with van der Waals surface area (Å²) in [5.74, 6) is 0.514. The molecule has 0 saturated carbocycles. The molecule has 4 rings (SSSR count). The average Bonchev–Trinajstić information content (AvgIpc) is 3.04. The Kier molecular flexibility index (Phi) is 5.17. The number of primary amides is 1. The number of nitrogens with zero attached hydrogens (tertiary/aromatic N) is 4. The fourth-order valence-corrected chi connectivity index (χ4v) is 3.58. The second-order valence-electron chi connectivity index (χ2n) is 7.48. The van der Waals surface area contributed by atoms with Gasteiger partial charge < -0.3 is 15.2 Å². The van der Waals surface area contributed by atoms with Gasteiger partial charge in [-0.15, -0.1) is 0 Å². The van der Waals surface area contributed by atoms with Crippen molar-refractivity contribution >= 4 is 17.1 Å². The highest BCUT2D eigenvalue weighted by atomic mass is 16.5. The molecule has 9 heteroatoms. The maximum atomic E-state index is 13.2. The quantitative estimate of drug-likeness (QED) is 0.517. The van der Waals surface area contributed by atoms with Gasteiger partial charge >= 0.3 is 5.69 Å². The number of methoxy groups -OCH3 is 2. The molecule has 0 unspecified atom stereocenters. The normalized spacial score (nSPS) is 11.0. The van der Waals surface area contributed by atoms with Crippen LogP contribution in [0.4, 0.5) is 0 Å². The predicted octanol–water partition coefficient (Wildman–Crippen LogP) is 2.52. The van der Waals surface area contributed by atoms with Crippen molar-refractivity contribution in [1.29, 1.82) is 0 Å². The Labute approximate surface area is 184 Å². The van der Waals surface area contributed by atoms with Crippen molar-refractivity contribution < 1.29 is 14.3 Å². The highest BCUT2D eigenvalue weighted by Gasteiger charge is 2.23. The number of hydrogen-bond acceptors (Lipinski definition) is 6. The Bertz CT molecular complexity index is 1410. The van der Waals surface area contributed by atoms with Crippen molar-refractivity contribution in [3.63, 3.8) is 0 Å². The van der Waals surface area contributed by atoms with Crippen LogP contribution in [0.2, 0.25) is 0 Å². The lowest BCUT2D eigenvalue weighted by Gasteiger charge is -2.10. The zero-order valence-corrected chi connectivity index (χ0v) is 18.5. The van der Waals surface area contributed by atoms with Gasteiger partial charge in [0.2, 0.25) is 0 Å². The first-order chi connectivity index (χ1) is 15.2. The van der Waals surface area contributed by atoms with Crippen LogP contribution >= 0.6 is 0 Å². The lowest BCUT2D eigenvalue weighted by molar-refractivity contribution is 0.0997. The summed E-state index contributed by atoms with van der Waals surface area (Å²) in [6.07, 6.45) is 0. The number of aryl methyl sites for hydroxylation is 3. The molecule has 0 fully saturated rings. The predicted molar refractivity (Wildman–Crippen MR) is 121 cm³/mol. The van der Waals surface area contributed by atoms with Crippen molar-refractivity contribution in [2.75, 3.05) is 14.2 Å². The van der Waals surface area contributed by atoms with Crippen molar-refractivity contribution in [2.24, 2.45) is 12.8 Å². The van der Waals surface area contributed by atoms with E-state index in [2.05, 4.69) is 9.97 Å². The molecule has 2 aromatic carbocycles. The summed E-state index contributed by atoms with van der Waals surface area (Å²) in [6.45, 7) is 3.96. The van der Waals surface area contributed by atoms with E-state index in [1.165, 1.54) is 23.4 Å². The molecule has 0 bridgehead atoms. The van der Waals surface area contributed by atoms with E-state index >= 15 is 0 Å². The second kappa shape index (κ2) is 7.84. The summed E-state index contributed by atoms with van der Waals surface area (Å²) < 4.78 is 13.5. The van der Waals surface area contributed by atoms with E-state index in [1.807, 2.05) is 32.0 Å². The maximum Gasteiger partial charge on any atom is 0.334 e. The van der Waals surface area contributed by atoms with Gasteiger partial charge in [-0.2, -0.15) is 0 Å². The van der Waals surface area contributed by atoms with Crippen LogP contribution in [0.5, 0.6) is 11.5 Å². The molecule has 0 aliphatic carbocycles. The fraction of sp³-hybridized carbons (Fsp3) is 0.217. The molecule has 0 atom stereocenters. The van der Waals surface area contributed by atoms with Crippen LogP contribution in [0.15, 0.2) is 41.2 Å². The van der Waals surface area contributed by atoms with Crippen LogP contribution in [0.3, 0.4) is 0 Å². The Morgan fingerprint density at radius 1 is 0.969 bits per heavy atom. The van der Waals surface area contributed by atoms with E-state index < -0.39 is 5.91 Å². The monoisotopic (exact) mass is 433 g/mol. The highest BCUT2D eigenvalue weighted by Crippen LogP contribution is 2.30. The fourth-order valence-electron chi connectivity index (χ4n) is 3.58. The molecular weight excluding hydrogens is 410 g/mol. The van der Waals surface area contributed by atoms with Crippen LogP contribution in [0, 0.1) is 13.8 Å². The number of aromatic nitrogens is 4. The van der Waals surface area contributed by atoms with E-state index in [0.29, 0.717) is 22.7 Å². The SMILES string of the molecule is COc1cc(OC)cc(-c2nc(C(N)=O)c3c(n2)n(-c2ccc(C)c(C)c2)c(=O)n3C)c1. The number of rotatable bonds is 5. The van der Waals surface area contributed by atoms with E-state index in [4.69, 9.17) is 15.2 Å². The van der Waals surface area contributed by atoms with Gasteiger partial charge in [0.1, 0.15) is 17.0 Å². The first-order valence-corrected chi connectivity index (χ1v) is 9.85. The van der Waals surface area contributed by atoms with Gasteiger partial charge in [-0.1, -0.05) is 6.07 Å². The molecular formula is C23H23N5O4. The number of benzene rings is 2. The van der Waals surface area contributed by atoms with Gasteiger partial charge in [-0.3, -0.25) is 9.36 Å². The summed E-state index contributed by atoms with van der Waals surface area (Å²) in [5, 5.41) is 0. The Balaban J connectivity index is 2.09. The van der Waals surface area contributed by atoms with Gasteiger partial charge in [0.25, 0.3) is 5.91 Å². The topological polar surface area (TPSA) is 114 Å². The van der Waals surface area contributed by atoms with Crippen LogP contribution in [-0.4, -0.2) is 39.2 Å².